The van der Waals surface area contributed by atoms with Crippen molar-refractivity contribution in [2.45, 2.75) is 19.9 Å². The minimum absolute atomic E-state index is 0.248. The van der Waals surface area contributed by atoms with Crippen molar-refractivity contribution in [3.63, 3.8) is 0 Å². The first-order valence-electron chi connectivity index (χ1n) is 6.02. The van der Waals surface area contributed by atoms with Crippen molar-refractivity contribution in [2.75, 3.05) is 12.4 Å². The molecule has 0 fully saturated rings. The van der Waals surface area contributed by atoms with E-state index in [2.05, 4.69) is 15.6 Å². The molecule has 0 saturated carbocycles. The number of nitrogens with zero attached hydrogens (tertiary/aromatic N) is 1. The Labute approximate surface area is 120 Å². The molecule has 1 aromatic carbocycles. The van der Waals surface area contributed by atoms with Gasteiger partial charge in [-0.05, 0) is 25.1 Å². The fraction of sp³-hybridized carbons (Fsp3) is 0.308. The first-order valence-corrected chi connectivity index (χ1v) is 6.84. The largest absolute Gasteiger partial charge is 0.497 e. The highest BCUT2D eigenvalue weighted by Gasteiger charge is 2.15. The van der Waals surface area contributed by atoms with Gasteiger partial charge in [0, 0.05) is 6.92 Å². The molecule has 1 heterocycles. The molecule has 7 heteroatoms. The molecule has 1 unspecified atom stereocenters. The van der Waals surface area contributed by atoms with Crippen molar-refractivity contribution >= 4 is 38.5 Å². The molecule has 0 spiro atoms. The van der Waals surface area contributed by atoms with Gasteiger partial charge < -0.3 is 15.4 Å². The fourth-order valence-electron chi connectivity index (χ4n) is 1.67. The van der Waals surface area contributed by atoms with Gasteiger partial charge in [0.05, 0.1) is 17.3 Å². The van der Waals surface area contributed by atoms with E-state index in [1.54, 1.807) is 14.0 Å². The Hall–Kier alpha value is -2.15. The van der Waals surface area contributed by atoms with Crippen molar-refractivity contribution in [2.24, 2.45) is 0 Å². The highest BCUT2D eigenvalue weighted by Crippen LogP contribution is 2.29. The summed E-state index contributed by atoms with van der Waals surface area (Å²) in [5, 5.41) is 5.70. The van der Waals surface area contributed by atoms with Gasteiger partial charge in [0.2, 0.25) is 11.8 Å². The van der Waals surface area contributed by atoms with Crippen LogP contribution < -0.4 is 15.4 Å². The zero-order chi connectivity index (χ0) is 14.7. The second-order valence-corrected chi connectivity index (χ2v) is 5.29. The van der Waals surface area contributed by atoms with Gasteiger partial charge in [-0.1, -0.05) is 11.3 Å². The van der Waals surface area contributed by atoms with Crippen LogP contribution in [0.4, 0.5) is 5.13 Å². The number of carbonyl (C=O) groups is 2. The molecule has 2 rings (SSSR count). The average molecular weight is 293 g/mol. The Morgan fingerprint density at radius 1 is 1.40 bits per heavy atom. The van der Waals surface area contributed by atoms with E-state index in [1.807, 2.05) is 18.2 Å². The zero-order valence-corrected chi connectivity index (χ0v) is 12.2. The maximum absolute atomic E-state index is 11.9. The lowest BCUT2D eigenvalue weighted by molar-refractivity contribution is -0.124. The number of thiazole rings is 1. The molecule has 0 radical (unpaired) electrons. The minimum Gasteiger partial charge on any atom is -0.497 e. The second-order valence-electron chi connectivity index (χ2n) is 4.26. The van der Waals surface area contributed by atoms with Crippen LogP contribution in [0, 0.1) is 0 Å². The summed E-state index contributed by atoms with van der Waals surface area (Å²) in [4.78, 5) is 27.1. The number of aromatic nitrogens is 1. The number of amides is 2. The normalized spacial score (nSPS) is 11.9. The molecule has 0 aliphatic carbocycles. The van der Waals surface area contributed by atoms with E-state index in [9.17, 15) is 9.59 Å². The van der Waals surface area contributed by atoms with Crippen molar-refractivity contribution in [1.82, 2.24) is 10.3 Å². The summed E-state index contributed by atoms with van der Waals surface area (Å²) in [6.45, 7) is 2.99. The smallest absolute Gasteiger partial charge is 0.248 e. The number of fused-ring (bicyclic) bond motifs is 1. The van der Waals surface area contributed by atoms with E-state index in [1.165, 1.54) is 18.3 Å². The lowest BCUT2D eigenvalue weighted by Gasteiger charge is -2.10. The molecule has 0 aliphatic rings. The van der Waals surface area contributed by atoms with Crippen LogP contribution in [0.15, 0.2) is 18.2 Å². The molecule has 0 bridgehead atoms. The van der Waals surface area contributed by atoms with Gasteiger partial charge in [-0.2, -0.15) is 0 Å². The van der Waals surface area contributed by atoms with Crippen LogP contribution in [-0.2, 0) is 9.59 Å². The Morgan fingerprint density at radius 2 is 2.15 bits per heavy atom. The average Bonchev–Trinajstić information content (AvgIpc) is 2.78. The SMILES string of the molecule is COc1ccc2nc(NC(=O)C(C)NC(C)=O)sc2c1. The molecule has 2 N–H and O–H groups in total. The van der Waals surface area contributed by atoms with Crippen LogP contribution in [0.2, 0.25) is 0 Å². The van der Waals surface area contributed by atoms with Gasteiger partial charge in [-0.25, -0.2) is 4.98 Å². The number of carbonyl (C=O) groups excluding carboxylic acids is 2. The Morgan fingerprint density at radius 3 is 2.80 bits per heavy atom. The third-order valence-electron chi connectivity index (χ3n) is 2.64. The molecule has 106 valence electrons. The molecule has 2 amide bonds. The molecule has 1 aromatic heterocycles. The van der Waals surface area contributed by atoms with Gasteiger partial charge in [0.1, 0.15) is 11.8 Å². The number of hydrogen-bond acceptors (Lipinski definition) is 5. The van der Waals surface area contributed by atoms with Gasteiger partial charge in [-0.15, -0.1) is 0 Å². The van der Waals surface area contributed by atoms with Crippen LogP contribution in [0.1, 0.15) is 13.8 Å². The Bertz CT molecular complexity index is 653. The number of ether oxygens (including phenoxy) is 1. The van der Waals surface area contributed by atoms with Crippen molar-refractivity contribution < 1.29 is 14.3 Å². The Balaban J connectivity index is 2.13. The third-order valence-corrected chi connectivity index (χ3v) is 3.57. The summed E-state index contributed by atoms with van der Waals surface area (Å²) in [6, 6.07) is 4.90. The van der Waals surface area contributed by atoms with Crippen LogP contribution in [0.25, 0.3) is 10.2 Å². The molecule has 6 nitrogen and oxygen atoms in total. The van der Waals surface area contributed by atoms with Crippen molar-refractivity contribution in [1.29, 1.82) is 0 Å². The van der Waals surface area contributed by atoms with E-state index >= 15 is 0 Å². The molecule has 20 heavy (non-hydrogen) atoms. The van der Waals surface area contributed by atoms with E-state index in [0.29, 0.717) is 5.13 Å². The van der Waals surface area contributed by atoms with E-state index < -0.39 is 6.04 Å². The van der Waals surface area contributed by atoms with Crippen LogP contribution in [-0.4, -0.2) is 29.9 Å². The standard InChI is InChI=1S/C13H15N3O3S/c1-7(14-8(2)17)12(18)16-13-15-10-5-4-9(19-3)6-11(10)20-13/h4-7H,1-3H3,(H,14,17)(H,15,16,18). The summed E-state index contributed by atoms with van der Waals surface area (Å²) < 4.78 is 6.06. The first-order chi connectivity index (χ1) is 9.49. The maximum Gasteiger partial charge on any atom is 0.248 e. The summed E-state index contributed by atoms with van der Waals surface area (Å²) in [7, 11) is 1.60. The predicted octanol–water partition coefficient (Wildman–Crippen LogP) is 1.77. The number of methoxy groups -OCH3 is 1. The second kappa shape index (κ2) is 5.87. The molecule has 1 atom stereocenters. The molecule has 2 aromatic rings. The van der Waals surface area contributed by atoms with E-state index in [4.69, 9.17) is 4.74 Å². The van der Waals surface area contributed by atoms with E-state index in [0.717, 1.165) is 16.0 Å². The highest BCUT2D eigenvalue weighted by molar-refractivity contribution is 7.22. The molecule has 0 aliphatic heterocycles. The predicted molar refractivity (Wildman–Crippen MR) is 78.1 cm³/mol. The summed E-state index contributed by atoms with van der Waals surface area (Å²) in [5.41, 5.74) is 0.790. The first kappa shape index (κ1) is 14.3. The van der Waals surface area contributed by atoms with Crippen LogP contribution in [0.3, 0.4) is 0 Å². The maximum atomic E-state index is 11.9. The van der Waals surface area contributed by atoms with Crippen LogP contribution in [0.5, 0.6) is 5.75 Å². The molecule has 0 saturated heterocycles. The minimum atomic E-state index is -0.603. The number of anilines is 1. The summed E-state index contributed by atoms with van der Waals surface area (Å²) >= 11 is 1.36. The number of hydrogen-bond donors (Lipinski definition) is 2. The summed E-state index contributed by atoms with van der Waals surface area (Å²) in [6.07, 6.45) is 0. The van der Waals surface area contributed by atoms with Crippen molar-refractivity contribution in [3.05, 3.63) is 18.2 Å². The number of rotatable bonds is 4. The lowest BCUT2D eigenvalue weighted by atomic mass is 10.3. The van der Waals surface area contributed by atoms with Gasteiger partial charge in [0.15, 0.2) is 5.13 Å². The van der Waals surface area contributed by atoms with Crippen LogP contribution >= 0.6 is 11.3 Å². The molecular weight excluding hydrogens is 278 g/mol. The third kappa shape index (κ3) is 3.24. The Kier molecular flexibility index (Phi) is 4.19. The topological polar surface area (TPSA) is 80.3 Å². The van der Waals surface area contributed by atoms with Gasteiger partial charge in [0.25, 0.3) is 0 Å². The zero-order valence-electron chi connectivity index (χ0n) is 11.4. The quantitative estimate of drug-likeness (QED) is 0.900. The monoisotopic (exact) mass is 293 g/mol. The fourth-order valence-corrected chi connectivity index (χ4v) is 2.57. The summed E-state index contributed by atoms with van der Waals surface area (Å²) in [5.74, 6) is 0.193. The molecular formula is C13H15N3O3S. The van der Waals surface area contributed by atoms with Gasteiger partial charge >= 0.3 is 0 Å². The highest BCUT2D eigenvalue weighted by atomic mass is 32.1. The lowest BCUT2D eigenvalue weighted by Crippen LogP contribution is -2.40. The number of benzene rings is 1. The number of nitrogens with one attached hydrogen (secondary N) is 2. The van der Waals surface area contributed by atoms with Gasteiger partial charge in [-0.3, -0.25) is 9.59 Å². The van der Waals surface area contributed by atoms with E-state index in [-0.39, 0.29) is 11.8 Å². The van der Waals surface area contributed by atoms with Crippen molar-refractivity contribution in [3.8, 4) is 5.75 Å².